The van der Waals surface area contributed by atoms with Crippen molar-refractivity contribution >= 4 is 34.2 Å². The molecular formula is C14H11N3O3S. The first-order valence-electron chi connectivity index (χ1n) is 6.31. The van der Waals surface area contributed by atoms with Crippen molar-refractivity contribution in [2.75, 3.05) is 11.9 Å². The van der Waals surface area contributed by atoms with Crippen molar-refractivity contribution in [3.63, 3.8) is 0 Å². The normalized spacial score (nSPS) is 13.4. The first kappa shape index (κ1) is 13.4. The van der Waals surface area contributed by atoms with Crippen molar-refractivity contribution in [3.8, 4) is 0 Å². The zero-order valence-corrected chi connectivity index (χ0v) is 11.7. The third kappa shape index (κ3) is 2.55. The number of carbonyl (C=O) groups is 3. The maximum absolute atomic E-state index is 12.1. The van der Waals surface area contributed by atoms with E-state index in [0.29, 0.717) is 16.3 Å². The van der Waals surface area contributed by atoms with Gasteiger partial charge in [-0.25, -0.2) is 4.98 Å². The summed E-state index contributed by atoms with van der Waals surface area (Å²) in [6, 6.07) is 6.65. The van der Waals surface area contributed by atoms with Crippen LogP contribution in [0.15, 0.2) is 35.8 Å². The zero-order valence-electron chi connectivity index (χ0n) is 10.9. The highest BCUT2D eigenvalue weighted by Crippen LogP contribution is 2.22. The van der Waals surface area contributed by atoms with Crippen molar-refractivity contribution < 1.29 is 14.4 Å². The standard InChI is InChI=1S/C14H11N3O3S/c18-11(16-14-15-6-8-21-14)5-7-17-12(19)9-3-1-2-4-10(9)13(17)20/h1-4,6,8H,5,7H2,(H,15,16,18). The van der Waals surface area contributed by atoms with E-state index >= 15 is 0 Å². The molecule has 6 nitrogen and oxygen atoms in total. The number of imide groups is 1. The van der Waals surface area contributed by atoms with Gasteiger partial charge in [0, 0.05) is 24.5 Å². The topological polar surface area (TPSA) is 79.4 Å². The molecule has 1 aromatic carbocycles. The van der Waals surface area contributed by atoms with Gasteiger partial charge in [0.1, 0.15) is 0 Å². The molecule has 0 saturated carbocycles. The molecular weight excluding hydrogens is 290 g/mol. The molecule has 1 aromatic heterocycles. The first-order chi connectivity index (χ1) is 10.2. The second-order valence-electron chi connectivity index (χ2n) is 4.44. The Hall–Kier alpha value is -2.54. The molecule has 1 aliphatic heterocycles. The highest BCUT2D eigenvalue weighted by molar-refractivity contribution is 7.13. The van der Waals surface area contributed by atoms with E-state index in [9.17, 15) is 14.4 Å². The van der Waals surface area contributed by atoms with E-state index in [1.54, 1.807) is 35.8 Å². The molecule has 106 valence electrons. The molecule has 0 aliphatic carbocycles. The molecule has 0 atom stereocenters. The summed E-state index contributed by atoms with van der Waals surface area (Å²) in [5.74, 6) is -0.975. The summed E-state index contributed by atoms with van der Waals surface area (Å²) in [5.41, 5.74) is 0.783. The highest BCUT2D eigenvalue weighted by Gasteiger charge is 2.34. The summed E-state index contributed by atoms with van der Waals surface area (Å²) in [7, 11) is 0. The van der Waals surface area contributed by atoms with Crippen LogP contribution in [0.1, 0.15) is 27.1 Å². The molecule has 3 amide bonds. The summed E-state index contributed by atoms with van der Waals surface area (Å²) >= 11 is 1.31. The van der Waals surface area contributed by atoms with Crippen molar-refractivity contribution in [1.82, 2.24) is 9.88 Å². The molecule has 2 aromatic rings. The van der Waals surface area contributed by atoms with E-state index in [0.717, 1.165) is 4.90 Å². The molecule has 0 unspecified atom stereocenters. The minimum Gasteiger partial charge on any atom is -0.302 e. The van der Waals surface area contributed by atoms with Crippen LogP contribution in [0.5, 0.6) is 0 Å². The van der Waals surface area contributed by atoms with Crippen LogP contribution in [0.4, 0.5) is 5.13 Å². The maximum atomic E-state index is 12.1. The Kier molecular flexibility index (Phi) is 3.49. The van der Waals surface area contributed by atoms with Crippen LogP contribution in [0.2, 0.25) is 0 Å². The van der Waals surface area contributed by atoms with Crippen LogP contribution >= 0.6 is 11.3 Å². The van der Waals surface area contributed by atoms with E-state index in [1.807, 2.05) is 0 Å². The summed E-state index contributed by atoms with van der Waals surface area (Å²) in [5, 5.41) is 4.87. The Morgan fingerprint density at radius 3 is 2.43 bits per heavy atom. The van der Waals surface area contributed by atoms with E-state index < -0.39 is 0 Å². The maximum Gasteiger partial charge on any atom is 0.261 e. The lowest BCUT2D eigenvalue weighted by molar-refractivity contribution is -0.116. The van der Waals surface area contributed by atoms with Crippen LogP contribution in [-0.2, 0) is 4.79 Å². The zero-order chi connectivity index (χ0) is 14.8. The monoisotopic (exact) mass is 301 g/mol. The van der Waals surface area contributed by atoms with E-state index in [-0.39, 0.29) is 30.7 Å². The van der Waals surface area contributed by atoms with Gasteiger partial charge in [0.05, 0.1) is 11.1 Å². The number of aromatic nitrogens is 1. The van der Waals surface area contributed by atoms with Crippen LogP contribution < -0.4 is 5.32 Å². The molecule has 3 rings (SSSR count). The van der Waals surface area contributed by atoms with Gasteiger partial charge in [-0.05, 0) is 12.1 Å². The molecule has 0 spiro atoms. The lowest BCUT2D eigenvalue weighted by Crippen LogP contribution is -2.32. The second-order valence-corrected chi connectivity index (χ2v) is 5.34. The Morgan fingerprint density at radius 2 is 1.86 bits per heavy atom. The van der Waals surface area contributed by atoms with E-state index in [2.05, 4.69) is 10.3 Å². The van der Waals surface area contributed by atoms with Gasteiger partial charge >= 0.3 is 0 Å². The lowest BCUT2D eigenvalue weighted by Gasteiger charge is -2.12. The van der Waals surface area contributed by atoms with Crippen molar-refractivity contribution in [3.05, 3.63) is 47.0 Å². The second kappa shape index (κ2) is 5.45. The highest BCUT2D eigenvalue weighted by atomic mass is 32.1. The van der Waals surface area contributed by atoms with Gasteiger partial charge in [0.2, 0.25) is 5.91 Å². The summed E-state index contributed by atoms with van der Waals surface area (Å²) in [4.78, 5) is 41.0. The average Bonchev–Trinajstić information content (AvgIpc) is 3.07. The number of benzene rings is 1. The minimum absolute atomic E-state index is 0.0467. The minimum atomic E-state index is -0.349. The molecule has 0 bridgehead atoms. The SMILES string of the molecule is O=C(CCN1C(=O)c2ccccc2C1=O)Nc1nccs1. The molecule has 7 heteroatoms. The summed E-state index contributed by atoms with van der Waals surface area (Å²) in [6.45, 7) is 0.0591. The fraction of sp³-hybridized carbons (Fsp3) is 0.143. The van der Waals surface area contributed by atoms with Crippen molar-refractivity contribution in [2.24, 2.45) is 0 Å². The lowest BCUT2D eigenvalue weighted by atomic mass is 10.1. The van der Waals surface area contributed by atoms with Gasteiger partial charge in [0.15, 0.2) is 5.13 Å². The van der Waals surface area contributed by atoms with E-state index in [1.165, 1.54) is 11.3 Å². The Bertz CT molecular complexity index is 677. The van der Waals surface area contributed by atoms with Crippen LogP contribution in [0, 0.1) is 0 Å². The Balaban J connectivity index is 1.63. The third-order valence-corrected chi connectivity index (χ3v) is 3.81. The number of hydrogen-bond donors (Lipinski definition) is 1. The summed E-state index contributed by atoms with van der Waals surface area (Å²) < 4.78 is 0. The number of hydrogen-bond acceptors (Lipinski definition) is 5. The van der Waals surface area contributed by atoms with Crippen molar-refractivity contribution in [2.45, 2.75) is 6.42 Å². The fourth-order valence-electron chi connectivity index (χ4n) is 2.12. The number of carbonyl (C=O) groups excluding carboxylic acids is 3. The van der Waals surface area contributed by atoms with Gasteiger partial charge in [-0.1, -0.05) is 12.1 Å². The Morgan fingerprint density at radius 1 is 1.19 bits per heavy atom. The molecule has 21 heavy (non-hydrogen) atoms. The van der Waals surface area contributed by atoms with Gasteiger partial charge in [-0.2, -0.15) is 0 Å². The number of amides is 3. The van der Waals surface area contributed by atoms with Gasteiger partial charge in [0.25, 0.3) is 11.8 Å². The van der Waals surface area contributed by atoms with Gasteiger partial charge in [-0.15, -0.1) is 11.3 Å². The smallest absolute Gasteiger partial charge is 0.261 e. The number of thiazole rings is 1. The number of fused-ring (bicyclic) bond motifs is 1. The van der Waals surface area contributed by atoms with E-state index in [4.69, 9.17) is 0 Å². The predicted octanol–water partition coefficient (Wildman–Crippen LogP) is 1.77. The molecule has 0 fully saturated rings. The Labute approximate surface area is 124 Å². The molecule has 0 saturated heterocycles. The molecule has 2 heterocycles. The molecule has 1 N–H and O–H groups in total. The quantitative estimate of drug-likeness (QED) is 0.873. The van der Waals surface area contributed by atoms with Crippen LogP contribution in [0.3, 0.4) is 0 Å². The third-order valence-electron chi connectivity index (χ3n) is 3.12. The predicted molar refractivity (Wildman–Crippen MR) is 77.2 cm³/mol. The van der Waals surface area contributed by atoms with Crippen LogP contribution in [-0.4, -0.2) is 34.2 Å². The first-order valence-corrected chi connectivity index (χ1v) is 7.19. The fourth-order valence-corrected chi connectivity index (χ4v) is 2.67. The summed E-state index contributed by atoms with van der Waals surface area (Å²) in [6.07, 6.45) is 1.63. The number of nitrogens with one attached hydrogen (secondary N) is 1. The average molecular weight is 301 g/mol. The molecule has 1 aliphatic rings. The number of nitrogens with zero attached hydrogens (tertiary/aromatic N) is 2. The van der Waals surface area contributed by atoms with Crippen molar-refractivity contribution in [1.29, 1.82) is 0 Å². The van der Waals surface area contributed by atoms with Crippen LogP contribution in [0.25, 0.3) is 0 Å². The molecule has 0 radical (unpaired) electrons. The van der Waals surface area contributed by atoms with Gasteiger partial charge < -0.3 is 5.32 Å². The van der Waals surface area contributed by atoms with Gasteiger partial charge in [-0.3, -0.25) is 19.3 Å². The largest absolute Gasteiger partial charge is 0.302 e. The number of anilines is 1. The number of rotatable bonds is 4.